The van der Waals surface area contributed by atoms with Gasteiger partial charge in [-0.15, -0.1) is 0 Å². The fraction of sp³-hybridized carbons (Fsp3) is 0.357. The number of hydrogen-bond acceptors (Lipinski definition) is 1. The summed E-state index contributed by atoms with van der Waals surface area (Å²) in [4.78, 5) is 3.63. The largest absolute Gasteiger partial charge is 0.434 e. The fourth-order valence-electron chi connectivity index (χ4n) is 1.61. The average molecular weight is 349 g/mol. The van der Waals surface area contributed by atoms with Crippen LogP contribution in [0.25, 0.3) is 11.4 Å². The maximum atomic E-state index is 12.5. The summed E-state index contributed by atoms with van der Waals surface area (Å²) < 4.78 is 39.0. The van der Waals surface area contributed by atoms with E-state index in [2.05, 4.69) is 20.9 Å². The molecular weight excluding hydrogens is 333 g/mol. The van der Waals surface area contributed by atoms with Crippen molar-refractivity contribution in [1.29, 1.82) is 0 Å². The van der Waals surface area contributed by atoms with Gasteiger partial charge in [0.1, 0.15) is 5.82 Å². The Labute approximate surface area is 124 Å². The summed E-state index contributed by atoms with van der Waals surface area (Å²) in [5.41, 5.74) is 0.853. The molecule has 20 heavy (non-hydrogen) atoms. The predicted octanol–water partition coefficient (Wildman–Crippen LogP) is 5.03. The van der Waals surface area contributed by atoms with Crippen LogP contribution in [0.2, 0.25) is 0 Å². The molecule has 2 aromatic rings. The molecule has 0 aliphatic carbocycles. The Morgan fingerprint density at radius 1 is 1.15 bits per heavy atom. The third-order valence-electron chi connectivity index (χ3n) is 2.53. The second kappa shape index (κ2) is 6.92. The molecule has 0 fully saturated rings. The van der Waals surface area contributed by atoms with Crippen molar-refractivity contribution in [3.63, 3.8) is 0 Å². The van der Waals surface area contributed by atoms with Gasteiger partial charge in [-0.2, -0.15) is 13.2 Å². The molecule has 0 N–H and O–H groups in total. The molecule has 0 saturated carbocycles. The highest BCUT2D eigenvalue weighted by molar-refractivity contribution is 9.08. The third-order valence-corrected chi connectivity index (χ3v) is 3.18. The minimum atomic E-state index is -4.41. The number of imidazole rings is 1. The molecule has 0 aliphatic heterocycles. The minimum Gasteiger partial charge on any atom is -0.333 e. The molecule has 0 unspecified atom stereocenters. The lowest BCUT2D eigenvalue weighted by Gasteiger charge is -2.02. The summed E-state index contributed by atoms with van der Waals surface area (Å²) in [5.74, 6) is 0.309. The lowest BCUT2D eigenvalue weighted by Crippen LogP contribution is -2.04. The second-order valence-electron chi connectivity index (χ2n) is 3.89. The molecule has 1 aromatic carbocycles. The van der Waals surface area contributed by atoms with Gasteiger partial charge in [0.05, 0.1) is 0 Å². The number of aromatic nitrogens is 2. The highest BCUT2D eigenvalue weighted by atomic mass is 79.9. The van der Waals surface area contributed by atoms with Crippen LogP contribution in [0.5, 0.6) is 0 Å². The predicted molar refractivity (Wildman–Crippen MR) is 77.6 cm³/mol. The van der Waals surface area contributed by atoms with Crippen LogP contribution in [0.15, 0.2) is 30.5 Å². The Bertz CT molecular complexity index is 545. The van der Waals surface area contributed by atoms with Crippen LogP contribution in [0.1, 0.15) is 25.1 Å². The fourth-order valence-corrected chi connectivity index (χ4v) is 1.99. The number of hydrogen-bond donors (Lipinski definition) is 0. The smallest absolute Gasteiger partial charge is 0.333 e. The maximum absolute atomic E-state index is 12.5. The topological polar surface area (TPSA) is 17.8 Å². The van der Waals surface area contributed by atoms with Gasteiger partial charge in [-0.1, -0.05) is 54.0 Å². The molecule has 0 amide bonds. The van der Waals surface area contributed by atoms with Crippen molar-refractivity contribution in [2.45, 2.75) is 25.4 Å². The summed E-state index contributed by atoms with van der Waals surface area (Å²) in [5, 5.41) is 0.710. The van der Waals surface area contributed by atoms with Gasteiger partial charge in [0.2, 0.25) is 0 Å². The van der Waals surface area contributed by atoms with E-state index in [4.69, 9.17) is 0 Å². The van der Waals surface area contributed by atoms with Gasteiger partial charge in [0, 0.05) is 24.1 Å². The molecule has 0 saturated heterocycles. The second-order valence-corrected chi connectivity index (χ2v) is 4.45. The maximum Gasteiger partial charge on any atom is 0.434 e. The highest BCUT2D eigenvalue weighted by Gasteiger charge is 2.34. The Morgan fingerprint density at radius 3 is 2.10 bits per heavy atom. The zero-order valence-corrected chi connectivity index (χ0v) is 13.1. The molecule has 2 nitrogen and oxygen atoms in total. The molecule has 0 spiro atoms. The Kier molecular flexibility index (Phi) is 5.80. The molecule has 0 aliphatic rings. The molecule has 0 atom stereocenters. The first-order valence-corrected chi connectivity index (χ1v) is 7.30. The zero-order chi connectivity index (χ0) is 15.3. The van der Waals surface area contributed by atoms with Crippen molar-refractivity contribution in [1.82, 2.24) is 9.55 Å². The number of nitrogens with zero attached hydrogens (tertiary/aromatic N) is 2. The number of benzene rings is 1. The Hall–Kier alpha value is -1.30. The molecule has 110 valence electrons. The Morgan fingerprint density at radius 2 is 1.70 bits per heavy atom. The first-order chi connectivity index (χ1) is 9.41. The minimum absolute atomic E-state index is 0.309. The first-order valence-electron chi connectivity index (χ1n) is 6.17. The van der Waals surface area contributed by atoms with Crippen LogP contribution < -0.4 is 0 Å². The van der Waals surface area contributed by atoms with E-state index in [1.807, 2.05) is 26.0 Å². The first kappa shape index (κ1) is 16.8. The summed E-state index contributed by atoms with van der Waals surface area (Å²) in [6, 6.07) is 7.23. The lowest BCUT2D eigenvalue weighted by molar-refractivity contribution is -0.140. The van der Waals surface area contributed by atoms with Crippen molar-refractivity contribution in [3.8, 4) is 11.4 Å². The van der Waals surface area contributed by atoms with Crippen molar-refractivity contribution in [2.24, 2.45) is 7.05 Å². The number of halogens is 4. The summed E-state index contributed by atoms with van der Waals surface area (Å²) in [6.07, 6.45) is -3.42. The zero-order valence-electron chi connectivity index (χ0n) is 11.5. The van der Waals surface area contributed by atoms with Crippen LogP contribution in [-0.2, 0) is 18.6 Å². The highest BCUT2D eigenvalue weighted by Crippen LogP contribution is 2.30. The van der Waals surface area contributed by atoms with E-state index >= 15 is 0 Å². The molecule has 0 bridgehead atoms. The normalized spacial score (nSPS) is 10.9. The summed E-state index contributed by atoms with van der Waals surface area (Å²) in [6.45, 7) is 4.00. The van der Waals surface area contributed by atoms with E-state index in [0.29, 0.717) is 16.7 Å². The van der Waals surface area contributed by atoms with E-state index in [-0.39, 0.29) is 0 Å². The van der Waals surface area contributed by atoms with Crippen molar-refractivity contribution in [3.05, 3.63) is 41.7 Å². The summed E-state index contributed by atoms with van der Waals surface area (Å²) in [7, 11) is 1.55. The monoisotopic (exact) mass is 348 g/mol. The van der Waals surface area contributed by atoms with Gasteiger partial charge in [0.25, 0.3) is 0 Å². The van der Waals surface area contributed by atoms with Gasteiger partial charge in [-0.05, 0) is 5.56 Å². The van der Waals surface area contributed by atoms with Gasteiger partial charge >= 0.3 is 6.18 Å². The number of aryl methyl sites for hydroxylation is 1. The number of alkyl halides is 4. The van der Waals surface area contributed by atoms with Crippen molar-refractivity contribution >= 4 is 15.9 Å². The van der Waals surface area contributed by atoms with Crippen LogP contribution in [-0.4, -0.2) is 9.55 Å². The van der Waals surface area contributed by atoms with Crippen LogP contribution >= 0.6 is 15.9 Å². The van der Waals surface area contributed by atoms with E-state index in [1.54, 1.807) is 19.2 Å². The average Bonchev–Trinajstić information content (AvgIpc) is 2.83. The molecule has 1 aromatic heterocycles. The lowest BCUT2D eigenvalue weighted by atomic mass is 10.1. The molecule has 6 heteroatoms. The SMILES string of the molecule is CC.Cn1cc(C(F)(F)F)nc1-c1ccc(CBr)cc1. The molecule has 1 heterocycles. The quantitative estimate of drug-likeness (QED) is 0.696. The van der Waals surface area contributed by atoms with Crippen molar-refractivity contribution in [2.75, 3.05) is 0 Å². The van der Waals surface area contributed by atoms with Crippen molar-refractivity contribution < 1.29 is 13.2 Å². The van der Waals surface area contributed by atoms with Gasteiger partial charge in [0.15, 0.2) is 5.69 Å². The van der Waals surface area contributed by atoms with E-state index in [9.17, 15) is 13.2 Å². The van der Waals surface area contributed by atoms with E-state index < -0.39 is 11.9 Å². The molecule has 2 rings (SSSR count). The van der Waals surface area contributed by atoms with Gasteiger partial charge in [-0.25, -0.2) is 4.98 Å². The van der Waals surface area contributed by atoms with Crippen LogP contribution in [0.4, 0.5) is 13.2 Å². The van der Waals surface area contributed by atoms with E-state index in [0.717, 1.165) is 11.8 Å². The number of rotatable bonds is 2. The molecule has 0 radical (unpaired) electrons. The summed E-state index contributed by atoms with van der Waals surface area (Å²) >= 11 is 3.31. The van der Waals surface area contributed by atoms with Gasteiger partial charge < -0.3 is 4.57 Å². The molecular formula is C14H16BrF3N2. The third kappa shape index (κ3) is 3.85. The standard InChI is InChI=1S/C12H10BrF3N2.C2H6/c1-18-7-10(12(14,15)16)17-11(18)9-4-2-8(6-13)3-5-9;1-2/h2-5,7H,6H2,1H3;1-2H3. The van der Waals surface area contributed by atoms with E-state index in [1.165, 1.54) is 4.57 Å². The van der Waals surface area contributed by atoms with Gasteiger partial charge in [-0.3, -0.25) is 0 Å². The van der Waals surface area contributed by atoms with Crippen LogP contribution in [0, 0.1) is 0 Å². The van der Waals surface area contributed by atoms with Crippen LogP contribution in [0.3, 0.4) is 0 Å². The Balaban J connectivity index is 0.000000956.